The third-order valence-corrected chi connectivity index (χ3v) is 3.62. The fourth-order valence-electron chi connectivity index (χ4n) is 2.35. The van der Waals surface area contributed by atoms with E-state index < -0.39 is 5.79 Å². The van der Waals surface area contributed by atoms with E-state index in [1.165, 1.54) is 0 Å². The van der Waals surface area contributed by atoms with Crippen molar-refractivity contribution in [1.82, 2.24) is 5.32 Å². The molecule has 0 saturated carbocycles. The molecule has 0 aromatic heterocycles. The first-order valence-electron chi connectivity index (χ1n) is 6.83. The first-order valence-corrected chi connectivity index (χ1v) is 6.83. The van der Waals surface area contributed by atoms with Gasteiger partial charge in [0, 0.05) is 0 Å². The molecule has 0 bridgehead atoms. The number of rotatable bonds is 5. The summed E-state index contributed by atoms with van der Waals surface area (Å²) in [7, 11) is 0. The molecule has 0 aromatic carbocycles. The van der Waals surface area contributed by atoms with Gasteiger partial charge in [-0.15, -0.1) is 0 Å². The van der Waals surface area contributed by atoms with Gasteiger partial charge >= 0.3 is 0 Å². The first-order chi connectivity index (χ1) is 7.82. The van der Waals surface area contributed by atoms with Crippen LogP contribution in [0.5, 0.6) is 0 Å². The van der Waals surface area contributed by atoms with Crippen molar-refractivity contribution in [3.05, 3.63) is 0 Å². The highest BCUT2D eigenvalue weighted by Gasteiger charge is 2.28. The zero-order chi connectivity index (χ0) is 13.1. The Labute approximate surface area is 106 Å². The highest BCUT2D eigenvalue weighted by atomic mass is 16.7. The Morgan fingerprint density at radius 1 is 1.06 bits per heavy atom. The van der Waals surface area contributed by atoms with Crippen LogP contribution in [0.2, 0.25) is 0 Å². The SMILES string of the molecule is CC(C)C(CNC1COC(C)(C)OC1)C(C)C. The zero-order valence-corrected chi connectivity index (χ0v) is 12.2. The Bertz CT molecular complexity index is 208. The Balaban J connectivity index is 2.31. The van der Waals surface area contributed by atoms with Gasteiger partial charge in [-0.25, -0.2) is 0 Å². The minimum Gasteiger partial charge on any atom is -0.349 e. The molecule has 0 spiro atoms. The maximum absolute atomic E-state index is 5.65. The van der Waals surface area contributed by atoms with Gasteiger partial charge in [0.15, 0.2) is 5.79 Å². The number of hydrogen-bond donors (Lipinski definition) is 1. The Kier molecular flexibility index (Phi) is 5.42. The lowest BCUT2D eigenvalue weighted by Crippen LogP contribution is -2.50. The minimum atomic E-state index is -0.409. The summed E-state index contributed by atoms with van der Waals surface area (Å²) in [6, 6.07) is 0.336. The van der Waals surface area contributed by atoms with Crippen LogP contribution >= 0.6 is 0 Å². The molecule has 1 saturated heterocycles. The van der Waals surface area contributed by atoms with Crippen LogP contribution in [-0.2, 0) is 9.47 Å². The molecule has 3 nitrogen and oxygen atoms in total. The molecule has 17 heavy (non-hydrogen) atoms. The second-order valence-corrected chi connectivity index (χ2v) is 6.28. The van der Waals surface area contributed by atoms with E-state index in [0.717, 1.165) is 19.8 Å². The van der Waals surface area contributed by atoms with E-state index in [-0.39, 0.29) is 0 Å². The average Bonchev–Trinajstić information content (AvgIpc) is 2.19. The molecule has 1 N–H and O–H groups in total. The van der Waals surface area contributed by atoms with E-state index in [1.807, 2.05) is 13.8 Å². The third-order valence-electron chi connectivity index (χ3n) is 3.62. The van der Waals surface area contributed by atoms with Crippen molar-refractivity contribution in [2.24, 2.45) is 17.8 Å². The number of nitrogens with one attached hydrogen (secondary N) is 1. The molecule has 1 aliphatic rings. The van der Waals surface area contributed by atoms with Gasteiger partial charge in [0.25, 0.3) is 0 Å². The van der Waals surface area contributed by atoms with E-state index in [9.17, 15) is 0 Å². The normalized spacial score (nSPS) is 21.7. The van der Waals surface area contributed by atoms with E-state index >= 15 is 0 Å². The van der Waals surface area contributed by atoms with Crippen molar-refractivity contribution in [3.63, 3.8) is 0 Å². The van der Waals surface area contributed by atoms with Crippen molar-refractivity contribution in [2.75, 3.05) is 19.8 Å². The molecule has 0 aliphatic carbocycles. The molecule has 0 atom stereocenters. The van der Waals surface area contributed by atoms with Crippen molar-refractivity contribution in [1.29, 1.82) is 0 Å². The van der Waals surface area contributed by atoms with E-state index in [2.05, 4.69) is 33.0 Å². The fourth-order valence-corrected chi connectivity index (χ4v) is 2.35. The van der Waals surface area contributed by atoms with Gasteiger partial charge in [-0.2, -0.15) is 0 Å². The predicted octanol–water partition coefficient (Wildman–Crippen LogP) is 2.66. The van der Waals surface area contributed by atoms with Crippen LogP contribution < -0.4 is 5.32 Å². The van der Waals surface area contributed by atoms with Crippen LogP contribution in [0.3, 0.4) is 0 Å². The second-order valence-electron chi connectivity index (χ2n) is 6.28. The zero-order valence-electron chi connectivity index (χ0n) is 12.2. The molecule has 1 heterocycles. The average molecular weight is 243 g/mol. The third kappa shape index (κ3) is 4.94. The molecule has 0 radical (unpaired) electrons. The van der Waals surface area contributed by atoms with Crippen LogP contribution in [0, 0.1) is 17.8 Å². The molecular weight excluding hydrogens is 214 g/mol. The molecule has 3 heteroatoms. The molecule has 1 rings (SSSR count). The lowest BCUT2D eigenvalue weighted by molar-refractivity contribution is -0.253. The fraction of sp³-hybridized carbons (Fsp3) is 1.00. The second kappa shape index (κ2) is 6.17. The van der Waals surface area contributed by atoms with Crippen LogP contribution in [0.1, 0.15) is 41.5 Å². The summed E-state index contributed by atoms with van der Waals surface area (Å²) in [4.78, 5) is 0. The standard InChI is InChI=1S/C14H29NO2/c1-10(2)13(11(3)4)7-15-12-8-16-14(5,6)17-9-12/h10-13,15H,7-9H2,1-6H3. The minimum absolute atomic E-state index is 0.336. The van der Waals surface area contributed by atoms with Crippen molar-refractivity contribution in [2.45, 2.75) is 53.4 Å². The van der Waals surface area contributed by atoms with Gasteiger partial charge in [-0.1, -0.05) is 27.7 Å². The first kappa shape index (κ1) is 14.9. The topological polar surface area (TPSA) is 30.5 Å². The maximum atomic E-state index is 5.65. The molecule has 102 valence electrons. The summed E-state index contributed by atoms with van der Waals surface area (Å²) in [5.74, 6) is 1.73. The van der Waals surface area contributed by atoms with Crippen molar-refractivity contribution < 1.29 is 9.47 Å². The predicted molar refractivity (Wildman–Crippen MR) is 70.9 cm³/mol. The van der Waals surface area contributed by atoms with Crippen LogP contribution in [0.25, 0.3) is 0 Å². The lowest BCUT2D eigenvalue weighted by atomic mass is 9.85. The van der Waals surface area contributed by atoms with Gasteiger partial charge in [0.1, 0.15) is 0 Å². The molecule has 0 amide bonds. The molecular formula is C14H29NO2. The van der Waals surface area contributed by atoms with Crippen LogP contribution in [-0.4, -0.2) is 31.6 Å². The largest absolute Gasteiger partial charge is 0.349 e. The summed E-state index contributed by atoms with van der Waals surface area (Å²) < 4.78 is 11.3. The summed E-state index contributed by atoms with van der Waals surface area (Å²) in [6.45, 7) is 15.7. The Hall–Kier alpha value is -0.120. The maximum Gasteiger partial charge on any atom is 0.162 e. The van der Waals surface area contributed by atoms with Gasteiger partial charge in [0.2, 0.25) is 0 Å². The van der Waals surface area contributed by atoms with E-state index in [4.69, 9.17) is 9.47 Å². The highest BCUT2D eigenvalue weighted by molar-refractivity contribution is 4.77. The van der Waals surface area contributed by atoms with Gasteiger partial charge in [0.05, 0.1) is 19.3 Å². The summed E-state index contributed by atoms with van der Waals surface area (Å²) in [5, 5.41) is 3.57. The summed E-state index contributed by atoms with van der Waals surface area (Å²) in [5.41, 5.74) is 0. The highest BCUT2D eigenvalue weighted by Crippen LogP contribution is 2.21. The van der Waals surface area contributed by atoms with E-state index in [1.54, 1.807) is 0 Å². The van der Waals surface area contributed by atoms with Crippen molar-refractivity contribution >= 4 is 0 Å². The van der Waals surface area contributed by atoms with E-state index in [0.29, 0.717) is 23.8 Å². The van der Waals surface area contributed by atoms with Gasteiger partial charge in [-0.3, -0.25) is 0 Å². The van der Waals surface area contributed by atoms with Gasteiger partial charge in [-0.05, 0) is 38.1 Å². The Morgan fingerprint density at radius 2 is 1.53 bits per heavy atom. The van der Waals surface area contributed by atoms with Crippen molar-refractivity contribution in [3.8, 4) is 0 Å². The summed E-state index contributed by atoms with van der Waals surface area (Å²) in [6.07, 6.45) is 0. The number of ether oxygens (including phenoxy) is 2. The quantitative estimate of drug-likeness (QED) is 0.805. The summed E-state index contributed by atoms with van der Waals surface area (Å²) >= 11 is 0. The molecule has 1 fully saturated rings. The lowest BCUT2D eigenvalue weighted by Gasteiger charge is -2.36. The number of hydrogen-bond acceptors (Lipinski definition) is 3. The smallest absolute Gasteiger partial charge is 0.162 e. The van der Waals surface area contributed by atoms with Crippen LogP contribution in [0.4, 0.5) is 0 Å². The van der Waals surface area contributed by atoms with Crippen LogP contribution in [0.15, 0.2) is 0 Å². The molecule has 0 unspecified atom stereocenters. The Morgan fingerprint density at radius 3 is 1.94 bits per heavy atom. The molecule has 1 aliphatic heterocycles. The van der Waals surface area contributed by atoms with Gasteiger partial charge < -0.3 is 14.8 Å². The molecule has 0 aromatic rings. The monoisotopic (exact) mass is 243 g/mol.